The van der Waals surface area contributed by atoms with E-state index in [9.17, 15) is 0 Å². The number of likely N-dealkylation sites (tertiary alicyclic amines) is 1. The summed E-state index contributed by atoms with van der Waals surface area (Å²) >= 11 is 0. The molecule has 1 saturated carbocycles. The van der Waals surface area contributed by atoms with Crippen LogP contribution in [-0.2, 0) is 7.05 Å². The Morgan fingerprint density at radius 1 is 1.32 bits per heavy atom. The molecule has 0 bridgehead atoms. The van der Waals surface area contributed by atoms with Gasteiger partial charge < -0.3 is 20.1 Å². The molecule has 0 aromatic carbocycles. The number of allylic oxidation sites excluding steroid dienone is 1. The number of hydrogen-bond acceptors (Lipinski definition) is 4. The maximum absolute atomic E-state index is 4.83. The Morgan fingerprint density at radius 3 is 2.71 bits per heavy atom. The smallest absolute Gasteiger partial charge is 0.134 e. The molecular formula is C23H37N5. The number of rotatable bonds is 7. The minimum absolute atomic E-state index is 0.622. The molecule has 5 nitrogen and oxygen atoms in total. The molecule has 4 rings (SSSR count). The zero-order valence-electron chi connectivity index (χ0n) is 17.9. The van der Waals surface area contributed by atoms with Crippen molar-refractivity contribution in [2.75, 3.05) is 33.2 Å². The van der Waals surface area contributed by atoms with Gasteiger partial charge in [0.15, 0.2) is 0 Å². The number of hydrogen-bond donors (Lipinski definition) is 2. The summed E-state index contributed by atoms with van der Waals surface area (Å²) in [6.07, 6.45) is 9.87. The number of pyridine rings is 1. The average Bonchev–Trinajstić information content (AvgIpc) is 3.51. The maximum atomic E-state index is 4.83. The molecule has 1 spiro atoms. The second kappa shape index (κ2) is 8.42. The summed E-state index contributed by atoms with van der Waals surface area (Å²) in [4.78, 5) is 7.51. The second-order valence-electron chi connectivity index (χ2n) is 9.11. The van der Waals surface area contributed by atoms with Crippen molar-refractivity contribution in [2.45, 2.75) is 57.4 Å². The lowest BCUT2D eigenvalue weighted by Gasteiger charge is -2.54. The third kappa shape index (κ3) is 4.36. The highest BCUT2D eigenvalue weighted by atomic mass is 15.2. The van der Waals surface area contributed by atoms with Crippen LogP contribution in [0.4, 0.5) is 0 Å². The van der Waals surface area contributed by atoms with Gasteiger partial charge in [0.2, 0.25) is 0 Å². The van der Waals surface area contributed by atoms with Crippen molar-refractivity contribution in [1.29, 1.82) is 0 Å². The number of aromatic nitrogens is 1. The van der Waals surface area contributed by atoms with Crippen LogP contribution in [0.3, 0.4) is 0 Å². The molecule has 0 radical (unpaired) electrons. The van der Waals surface area contributed by atoms with Crippen LogP contribution in [-0.4, -0.2) is 48.7 Å². The Morgan fingerprint density at radius 2 is 2.07 bits per heavy atom. The molecule has 1 atom stereocenters. The SMILES string of the molecule is CC/C=C(/N=c1cccc(C2CCC3(CC2)CN(CCC2CN2)C3)n1C)NC. The Labute approximate surface area is 169 Å². The average molecular weight is 384 g/mol. The van der Waals surface area contributed by atoms with Gasteiger partial charge in [-0.25, -0.2) is 4.99 Å². The zero-order valence-corrected chi connectivity index (χ0v) is 17.9. The van der Waals surface area contributed by atoms with Crippen LogP contribution in [0.5, 0.6) is 0 Å². The zero-order chi connectivity index (χ0) is 19.6. The fraction of sp³-hybridized carbons (Fsp3) is 0.696. The van der Waals surface area contributed by atoms with Crippen LogP contribution >= 0.6 is 0 Å². The first-order valence-electron chi connectivity index (χ1n) is 11.2. The minimum Gasteiger partial charge on any atom is -0.373 e. The lowest BCUT2D eigenvalue weighted by Crippen LogP contribution is -2.57. The summed E-state index contributed by atoms with van der Waals surface area (Å²) in [5.74, 6) is 1.62. The molecule has 5 heteroatoms. The number of nitrogens with zero attached hydrogens (tertiary/aromatic N) is 3. The number of nitrogens with one attached hydrogen (secondary N) is 2. The highest BCUT2D eigenvalue weighted by Gasteiger charge is 2.45. The summed E-state index contributed by atoms with van der Waals surface area (Å²) < 4.78 is 2.30. The third-order valence-corrected chi connectivity index (χ3v) is 7.00. The molecule has 3 fully saturated rings. The van der Waals surface area contributed by atoms with E-state index in [1.807, 2.05) is 7.05 Å². The topological polar surface area (TPSA) is 54.5 Å². The summed E-state index contributed by atoms with van der Waals surface area (Å²) in [5, 5.41) is 6.62. The molecule has 3 aliphatic rings. The van der Waals surface area contributed by atoms with Crippen molar-refractivity contribution in [2.24, 2.45) is 17.5 Å². The third-order valence-electron chi connectivity index (χ3n) is 7.00. The summed E-state index contributed by atoms with van der Waals surface area (Å²) in [7, 11) is 4.12. The Kier molecular flexibility index (Phi) is 5.93. The standard InChI is InChI=1S/C23H37N5/c1-4-6-21(24-2)26-22-8-5-7-20(27(22)3)18-9-12-23(13-10-18)16-28(17-23)14-11-19-15-25-19/h5-8,18-19,24-25H,4,9-17H2,1-3H3/b21-6+,26-22?. The van der Waals surface area contributed by atoms with Gasteiger partial charge in [-0.2, -0.15) is 0 Å². The molecule has 2 aliphatic heterocycles. The van der Waals surface area contributed by atoms with Crippen molar-refractivity contribution in [3.63, 3.8) is 0 Å². The molecule has 1 unspecified atom stereocenters. The Hall–Kier alpha value is -1.59. The lowest BCUT2D eigenvalue weighted by atomic mass is 9.65. The first-order valence-corrected chi connectivity index (χ1v) is 11.2. The van der Waals surface area contributed by atoms with Crippen LogP contribution in [0.15, 0.2) is 35.1 Å². The van der Waals surface area contributed by atoms with Gasteiger partial charge in [-0.3, -0.25) is 0 Å². The van der Waals surface area contributed by atoms with E-state index in [-0.39, 0.29) is 0 Å². The van der Waals surface area contributed by atoms with E-state index in [0.29, 0.717) is 11.3 Å². The van der Waals surface area contributed by atoms with E-state index in [4.69, 9.17) is 4.99 Å². The van der Waals surface area contributed by atoms with Crippen molar-refractivity contribution in [1.82, 2.24) is 20.1 Å². The Bertz CT molecular complexity index is 757. The van der Waals surface area contributed by atoms with Gasteiger partial charge >= 0.3 is 0 Å². The normalized spacial score (nSPS) is 25.8. The largest absolute Gasteiger partial charge is 0.373 e. The molecule has 0 amide bonds. The van der Waals surface area contributed by atoms with Crippen LogP contribution in [0.25, 0.3) is 0 Å². The fourth-order valence-corrected chi connectivity index (χ4v) is 5.16. The first-order chi connectivity index (χ1) is 13.6. The maximum Gasteiger partial charge on any atom is 0.134 e. The van der Waals surface area contributed by atoms with E-state index >= 15 is 0 Å². The molecule has 2 saturated heterocycles. The molecule has 28 heavy (non-hydrogen) atoms. The first kappa shape index (κ1) is 19.7. The van der Waals surface area contributed by atoms with Crippen LogP contribution in [0.1, 0.15) is 57.1 Å². The van der Waals surface area contributed by atoms with Crippen molar-refractivity contribution >= 4 is 0 Å². The highest BCUT2D eigenvalue weighted by molar-refractivity contribution is 5.15. The van der Waals surface area contributed by atoms with Crippen molar-refractivity contribution in [3.8, 4) is 0 Å². The van der Waals surface area contributed by atoms with E-state index in [2.05, 4.69) is 58.3 Å². The van der Waals surface area contributed by atoms with E-state index in [1.165, 1.54) is 64.0 Å². The van der Waals surface area contributed by atoms with Gasteiger partial charge in [-0.05, 0) is 74.6 Å². The molecule has 2 N–H and O–H groups in total. The van der Waals surface area contributed by atoms with Gasteiger partial charge in [0.1, 0.15) is 11.3 Å². The quantitative estimate of drug-likeness (QED) is 0.712. The van der Waals surface area contributed by atoms with Gasteiger partial charge in [-0.15, -0.1) is 0 Å². The van der Waals surface area contributed by atoms with Gasteiger partial charge in [0, 0.05) is 45.5 Å². The van der Waals surface area contributed by atoms with Crippen LogP contribution in [0, 0.1) is 5.41 Å². The summed E-state index contributed by atoms with van der Waals surface area (Å²) in [6, 6.07) is 7.42. The van der Waals surface area contributed by atoms with Crippen molar-refractivity contribution < 1.29 is 0 Å². The summed E-state index contributed by atoms with van der Waals surface area (Å²) in [6.45, 7) is 7.35. The lowest BCUT2D eigenvalue weighted by molar-refractivity contribution is -0.0322. The monoisotopic (exact) mass is 383 g/mol. The minimum atomic E-state index is 0.622. The highest BCUT2D eigenvalue weighted by Crippen LogP contribution is 2.48. The Balaban J connectivity index is 1.38. The van der Waals surface area contributed by atoms with Gasteiger partial charge in [-0.1, -0.05) is 13.0 Å². The van der Waals surface area contributed by atoms with Crippen LogP contribution in [0.2, 0.25) is 0 Å². The molecule has 1 aromatic rings. The fourth-order valence-electron chi connectivity index (χ4n) is 5.16. The molecule has 1 aromatic heterocycles. The van der Waals surface area contributed by atoms with E-state index in [1.54, 1.807) is 0 Å². The molecule has 3 heterocycles. The summed E-state index contributed by atoms with van der Waals surface area (Å²) in [5.41, 5.74) is 3.10. The van der Waals surface area contributed by atoms with Crippen molar-refractivity contribution in [3.05, 3.63) is 41.3 Å². The van der Waals surface area contributed by atoms with Gasteiger partial charge in [0.25, 0.3) is 0 Å². The predicted molar refractivity (Wildman–Crippen MR) is 115 cm³/mol. The van der Waals surface area contributed by atoms with Crippen LogP contribution < -0.4 is 16.1 Å². The molecule has 1 aliphatic carbocycles. The van der Waals surface area contributed by atoms with Gasteiger partial charge in [0.05, 0.1) is 0 Å². The molecule has 154 valence electrons. The van der Waals surface area contributed by atoms with E-state index < -0.39 is 0 Å². The molecular weight excluding hydrogens is 346 g/mol. The van der Waals surface area contributed by atoms with E-state index in [0.717, 1.165) is 23.8 Å². The second-order valence-corrected chi connectivity index (χ2v) is 9.11. The predicted octanol–water partition coefficient (Wildman–Crippen LogP) is 2.72.